The molecule has 0 aliphatic carbocycles. The average molecular weight is 412 g/mol. The first kappa shape index (κ1) is 19.4. The summed E-state index contributed by atoms with van der Waals surface area (Å²) in [6, 6.07) is 25.9. The summed E-state index contributed by atoms with van der Waals surface area (Å²) in [6.07, 6.45) is -1.28. The molecule has 2 aromatic carbocycles. The van der Waals surface area contributed by atoms with E-state index >= 15 is 0 Å². The molecule has 0 aliphatic rings. The molecule has 5 nitrogen and oxygen atoms in total. The highest BCUT2D eigenvalue weighted by Gasteiger charge is 2.26. The molecule has 30 heavy (non-hydrogen) atoms. The number of aromatic nitrogens is 1. The van der Waals surface area contributed by atoms with Crippen LogP contribution in [0.25, 0.3) is 21.7 Å². The van der Waals surface area contributed by atoms with Gasteiger partial charge >= 0.3 is 5.97 Å². The van der Waals surface area contributed by atoms with E-state index in [1.807, 2.05) is 53.9 Å². The lowest BCUT2D eigenvalue weighted by molar-refractivity contribution is -0.145. The predicted molar refractivity (Wildman–Crippen MR) is 115 cm³/mol. The minimum atomic E-state index is -1.28. The zero-order valence-electron chi connectivity index (χ0n) is 15.7. The van der Waals surface area contributed by atoms with Crippen molar-refractivity contribution >= 4 is 17.3 Å². The highest BCUT2D eigenvalue weighted by Crippen LogP contribution is 2.37. The maximum Gasteiger partial charge on any atom is 0.349 e. The second kappa shape index (κ2) is 8.60. The average Bonchev–Trinajstić information content (AvgIpc) is 3.32. The van der Waals surface area contributed by atoms with Crippen LogP contribution in [0, 0.1) is 11.3 Å². The number of pyridine rings is 1. The molecule has 4 aromatic rings. The van der Waals surface area contributed by atoms with Crippen LogP contribution in [0.2, 0.25) is 0 Å². The van der Waals surface area contributed by atoms with Crippen LogP contribution in [-0.4, -0.2) is 16.1 Å². The predicted octanol–water partition coefficient (Wildman–Crippen LogP) is 5.55. The fraction of sp³-hybridized carbons (Fsp3) is 0.0417. The minimum Gasteiger partial charge on any atom is -0.478 e. The van der Waals surface area contributed by atoms with Crippen molar-refractivity contribution in [3.8, 4) is 33.6 Å². The van der Waals surface area contributed by atoms with E-state index in [0.29, 0.717) is 16.8 Å². The number of carboxylic acid groups (broad SMARTS) is 1. The number of rotatable bonds is 6. The van der Waals surface area contributed by atoms with E-state index in [-0.39, 0.29) is 11.4 Å². The first-order chi connectivity index (χ1) is 14.7. The van der Waals surface area contributed by atoms with E-state index in [4.69, 9.17) is 4.74 Å². The number of nitrogens with zero attached hydrogens (tertiary/aromatic N) is 2. The van der Waals surface area contributed by atoms with Crippen LogP contribution in [0.5, 0.6) is 5.88 Å². The smallest absolute Gasteiger partial charge is 0.349 e. The number of nitriles is 1. The Morgan fingerprint density at radius 2 is 1.73 bits per heavy atom. The molecule has 6 heteroatoms. The molecule has 0 amide bonds. The van der Waals surface area contributed by atoms with E-state index in [1.165, 1.54) is 11.3 Å². The summed E-state index contributed by atoms with van der Waals surface area (Å²) < 4.78 is 5.86. The topological polar surface area (TPSA) is 83.2 Å². The number of hydrogen-bond donors (Lipinski definition) is 1. The van der Waals surface area contributed by atoms with E-state index in [9.17, 15) is 15.2 Å². The quantitative estimate of drug-likeness (QED) is 0.449. The number of carbonyl (C=O) groups is 1. The number of carboxylic acids is 1. The molecule has 0 radical (unpaired) electrons. The van der Waals surface area contributed by atoms with Crippen LogP contribution in [0.3, 0.4) is 0 Å². The molecule has 0 saturated carbocycles. The molecule has 4 rings (SSSR count). The Morgan fingerprint density at radius 3 is 2.33 bits per heavy atom. The summed E-state index contributed by atoms with van der Waals surface area (Å²) >= 11 is 1.49. The normalized spacial score (nSPS) is 11.4. The largest absolute Gasteiger partial charge is 0.478 e. The van der Waals surface area contributed by atoms with E-state index < -0.39 is 12.1 Å². The molecule has 2 heterocycles. The summed E-state index contributed by atoms with van der Waals surface area (Å²) in [4.78, 5) is 17.3. The third-order valence-corrected chi connectivity index (χ3v) is 5.41. The van der Waals surface area contributed by atoms with Crippen LogP contribution in [-0.2, 0) is 4.79 Å². The number of benzene rings is 2. The fourth-order valence-corrected chi connectivity index (χ4v) is 3.85. The molecule has 1 unspecified atom stereocenters. The van der Waals surface area contributed by atoms with Crippen molar-refractivity contribution < 1.29 is 14.6 Å². The molecule has 0 aliphatic heterocycles. The monoisotopic (exact) mass is 412 g/mol. The summed E-state index contributed by atoms with van der Waals surface area (Å²) in [5.74, 6) is -1.16. The molecule has 1 atom stereocenters. The molecule has 2 aromatic heterocycles. The van der Waals surface area contributed by atoms with Gasteiger partial charge in [-0.15, -0.1) is 11.3 Å². The summed E-state index contributed by atoms with van der Waals surface area (Å²) in [7, 11) is 0. The Hall–Kier alpha value is -3.95. The number of aliphatic carboxylic acids is 1. The first-order valence-corrected chi connectivity index (χ1v) is 10.0. The Bertz CT molecular complexity index is 1200. The molecular formula is C24H16N2O3S. The SMILES string of the molecule is N#Cc1c(-c2cccs2)cc(-c2ccccc2)nc1OC(C(=O)O)c1ccccc1. The van der Waals surface area contributed by atoms with Crippen LogP contribution >= 0.6 is 11.3 Å². The van der Waals surface area contributed by atoms with Crippen molar-refractivity contribution in [2.75, 3.05) is 0 Å². The molecule has 0 spiro atoms. The van der Waals surface area contributed by atoms with Gasteiger partial charge in [0.15, 0.2) is 0 Å². The lowest BCUT2D eigenvalue weighted by Crippen LogP contribution is -2.19. The molecule has 1 N–H and O–H groups in total. The summed E-state index contributed by atoms with van der Waals surface area (Å²) in [5, 5.41) is 21.5. The Kier molecular flexibility index (Phi) is 5.55. The summed E-state index contributed by atoms with van der Waals surface area (Å²) in [5.41, 5.74) is 2.78. The minimum absolute atomic E-state index is 0.00138. The van der Waals surface area contributed by atoms with Crippen LogP contribution < -0.4 is 4.74 Å². The van der Waals surface area contributed by atoms with Gasteiger partial charge in [0.2, 0.25) is 12.0 Å². The highest BCUT2D eigenvalue weighted by atomic mass is 32.1. The molecule has 0 saturated heterocycles. The van der Waals surface area contributed by atoms with Gasteiger partial charge in [-0.05, 0) is 17.5 Å². The second-order valence-electron chi connectivity index (χ2n) is 6.44. The van der Waals surface area contributed by atoms with Gasteiger partial charge in [0.05, 0.1) is 5.69 Å². The molecule has 146 valence electrons. The number of ether oxygens (including phenoxy) is 1. The first-order valence-electron chi connectivity index (χ1n) is 9.16. The van der Waals surface area contributed by atoms with E-state index in [1.54, 1.807) is 30.3 Å². The molecule has 0 bridgehead atoms. The number of thiophene rings is 1. The third-order valence-electron chi connectivity index (χ3n) is 4.51. The highest BCUT2D eigenvalue weighted by molar-refractivity contribution is 7.13. The maximum absolute atomic E-state index is 11.9. The number of hydrogen-bond acceptors (Lipinski definition) is 5. The lowest BCUT2D eigenvalue weighted by Gasteiger charge is -2.18. The van der Waals surface area contributed by atoms with Crippen molar-refractivity contribution in [1.82, 2.24) is 4.98 Å². The van der Waals surface area contributed by atoms with Crippen molar-refractivity contribution in [2.45, 2.75) is 6.10 Å². The van der Waals surface area contributed by atoms with E-state index in [2.05, 4.69) is 11.1 Å². The van der Waals surface area contributed by atoms with Crippen molar-refractivity contribution in [2.24, 2.45) is 0 Å². The van der Waals surface area contributed by atoms with Gasteiger partial charge in [-0.1, -0.05) is 66.7 Å². The van der Waals surface area contributed by atoms with Gasteiger partial charge in [-0.3, -0.25) is 0 Å². The third kappa shape index (κ3) is 3.93. The Balaban J connectivity index is 1.88. The van der Waals surface area contributed by atoms with Gasteiger partial charge in [0, 0.05) is 21.6 Å². The molecule has 0 fully saturated rings. The van der Waals surface area contributed by atoms with Crippen LogP contribution in [0.1, 0.15) is 17.2 Å². The van der Waals surface area contributed by atoms with Gasteiger partial charge in [-0.2, -0.15) is 5.26 Å². The Morgan fingerprint density at radius 1 is 1.03 bits per heavy atom. The zero-order chi connectivity index (χ0) is 20.9. The van der Waals surface area contributed by atoms with Gasteiger partial charge < -0.3 is 9.84 Å². The standard InChI is InChI=1S/C24H16N2O3S/c25-15-19-18(21-12-7-13-30-21)14-20(16-8-3-1-4-9-16)26-23(19)29-22(24(27)28)17-10-5-2-6-11-17/h1-14,22H,(H,27,28). The van der Waals surface area contributed by atoms with Gasteiger partial charge in [0.25, 0.3) is 0 Å². The zero-order valence-corrected chi connectivity index (χ0v) is 16.5. The Labute approximate surface area is 177 Å². The lowest BCUT2D eigenvalue weighted by atomic mass is 10.0. The van der Waals surface area contributed by atoms with Gasteiger partial charge in [-0.25, -0.2) is 9.78 Å². The maximum atomic E-state index is 11.9. The van der Waals surface area contributed by atoms with E-state index in [0.717, 1.165) is 10.4 Å². The van der Waals surface area contributed by atoms with Crippen LogP contribution in [0.4, 0.5) is 0 Å². The van der Waals surface area contributed by atoms with Crippen molar-refractivity contribution in [1.29, 1.82) is 5.26 Å². The van der Waals surface area contributed by atoms with Crippen molar-refractivity contribution in [3.63, 3.8) is 0 Å². The molecular weight excluding hydrogens is 396 g/mol. The fourth-order valence-electron chi connectivity index (χ4n) is 3.10. The van der Waals surface area contributed by atoms with Gasteiger partial charge in [0.1, 0.15) is 11.6 Å². The second-order valence-corrected chi connectivity index (χ2v) is 7.38. The van der Waals surface area contributed by atoms with Crippen LogP contribution in [0.15, 0.2) is 84.2 Å². The summed E-state index contributed by atoms with van der Waals surface area (Å²) in [6.45, 7) is 0. The van der Waals surface area contributed by atoms with Crippen molar-refractivity contribution in [3.05, 3.63) is 95.4 Å².